The normalized spacial score (nSPS) is 19.1. The molecule has 7 heteroatoms. The lowest BCUT2D eigenvalue weighted by Gasteiger charge is -2.31. The summed E-state index contributed by atoms with van der Waals surface area (Å²) in [7, 11) is 0. The van der Waals surface area contributed by atoms with E-state index < -0.39 is 5.79 Å². The van der Waals surface area contributed by atoms with Crippen LogP contribution in [0.15, 0.2) is 42.5 Å². The average molecular weight is 408 g/mol. The van der Waals surface area contributed by atoms with E-state index in [-0.39, 0.29) is 24.8 Å². The van der Waals surface area contributed by atoms with Crippen molar-refractivity contribution < 1.29 is 23.8 Å². The lowest BCUT2D eigenvalue weighted by atomic mass is 9.94. The topological polar surface area (TPSA) is 77.1 Å². The third-order valence-electron chi connectivity index (χ3n) is 5.77. The number of hydrogen-bond acceptors (Lipinski definition) is 5. The maximum absolute atomic E-state index is 12.7. The lowest BCUT2D eigenvalue weighted by molar-refractivity contribution is -0.121. The molecule has 1 fully saturated rings. The molecule has 0 bridgehead atoms. The predicted octanol–water partition coefficient (Wildman–Crippen LogP) is 3.87. The third-order valence-corrected chi connectivity index (χ3v) is 5.77. The molecule has 0 saturated heterocycles. The zero-order valence-electron chi connectivity index (χ0n) is 16.7. The van der Waals surface area contributed by atoms with E-state index in [4.69, 9.17) is 14.2 Å². The molecule has 2 heterocycles. The van der Waals surface area contributed by atoms with Crippen LogP contribution in [0.5, 0.6) is 17.2 Å². The molecular weight excluding hydrogens is 384 g/mol. The van der Waals surface area contributed by atoms with Gasteiger partial charge < -0.3 is 19.5 Å². The van der Waals surface area contributed by atoms with Crippen LogP contribution in [0.2, 0.25) is 0 Å². The summed E-state index contributed by atoms with van der Waals surface area (Å²) in [5.41, 5.74) is 1.22. The third kappa shape index (κ3) is 3.56. The summed E-state index contributed by atoms with van der Waals surface area (Å²) < 4.78 is 17.8. The van der Waals surface area contributed by atoms with Gasteiger partial charge in [-0.05, 0) is 37.1 Å². The summed E-state index contributed by atoms with van der Waals surface area (Å²) in [6.07, 6.45) is 5.37. The van der Waals surface area contributed by atoms with Crippen molar-refractivity contribution in [3.8, 4) is 17.2 Å². The number of carbonyl (C=O) groups is 2. The summed E-state index contributed by atoms with van der Waals surface area (Å²) in [5, 5.41) is 2.87. The van der Waals surface area contributed by atoms with Crippen molar-refractivity contribution in [3.05, 3.63) is 42.5 Å². The van der Waals surface area contributed by atoms with Gasteiger partial charge in [-0.15, -0.1) is 0 Å². The summed E-state index contributed by atoms with van der Waals surface area (Å²) in [5.74, 6) is 0.997. The van der Waals surface area contributed by atoms with E-state index in [0.29, 0.717) is 35.2 Å². The van der Waals surface area contributed by atoms with E-state index in [2.05, 4.69) is 5.32 Å². The molecule has 30 heavy (non-hydrogen) atoms. The summed E-state index contributed by atoms with van der Waals surface area (Å²) in [6.45, 7) is 0.218. The molecule has 1 N–H and O–H groups in total. The number of nitrogens with one attached hydrogen (secondary N) is 1. The Balaban J connectivity index is 1.29. The van der Waals surface area contributed by atoms with E-state index >= 15 is 0 Å². The first-order valence-electron chi connectivity index (χ1n) is 10.5. The number of ether oxygens (including phenoxy) is 3. The number of carbonyl (C=O) groups excluding carboxylic acids is 2. The van der Waals surface area contributed by atoms with Crippen molar-refractivity contribution in [3.63, 3.8) is 0 Å². The molecule has 5 rings (SSSR count). The van der Waals surface area contributed by atoms with Crippen molar-refractivity contribution in [1.29, 1.82) is 0 Å². The highest BCUT2D eigenvalue weighted by atomic mass is 16.7. The predicted molar refractivity (Wildman–Crippen MR) is 111 cm³/mol. The van der Waals surface area contributed by atoms with Gasteiger partial charge in [-0.3, -0.25) is 14.5 Å². The van der Waals surface area contributed by atoms with E-state index in [1.807, 2.05) is 18.2 Å². The van der Waals surface area contributed by atoms with Crippen molar-refractivity contribution >= 4 is 23.2 Å². The van der Waals surface area contributed by atoms with Gasteiger partial charge >= 0.3 is 0 Å². The minimum atomic E-state index is -0.550. The van der Waals surface area contributed by atoms with Crippen molar-refractivity contribution in [2.24, 2.45) is 0 Å². The number of hydrogen-bond donors (Lipinski definition) is 1. The van der Waals surface area contributed by atoms with Crippen molar-refractivity contribution in [2.45, 2.75) is 44.3 Å². The number of amides is 2. The highest BCUT2D eigenvalue weighted by Crippen LogP contribution is 2.46. The van der Waals surface area contributed by atoms with Gasteiger partial charge in [0.25, 0.3) is 5.79 Å². The van der Waals surface area contributed by atoms with Gasteiger partial charge in [0.05, 0.1) is 18.7 Å². The van der Waals surface area contributed by atoms with Gasteiger partial charge in [-0.2, -0.15) is 0 Å². The zero-order chi connectivity index (χ0) is 20.6. The second kappa shape index (κ2) is 7.55. The van der Waals surface area contributed by atoms with Gasteiger partial charge in [-0.1, -0.05) is 18.6 Å². The molecule has 1 saturated carbocycles. The quantitative estimate of drug-likeness (QED) is 0.834. The van der Waals surface area contributed by atoms with Crippen molar-refractivity contribution in [2.75, 3.05) is 23.4 Å². The Hall–Kier alpha value is -3.22. The van der Waals surface area contributed by atoms with Crippen LogP contribution in [0.4, 0.5) is 11.4 Å². The molecular formula is C23H24N2O5. The van der Waals surface area contributed by atoms with Crippen LogP contribution >= 0.6 is 0 Å². The minimum absolute atomic E-state index is 0.0857. The molecule has 2 aromatic rings. The van der Waals surface area contributed by atoms with E-state index in [9.17, 15) is 9.59 Å². The Morgan fingerprint density at radius 1 is 1.00 bits per heavy atom. The highest BCUT2D eigenvalue weighted by molar-refractivity contribution is 6.03. The first-order valence-corrected chi connectivity index (χ1v) is 10.5. The van der Waals surface area contributed by atoms with Gasteiger partial charge in [0.15, 0.2) is 11.5 Å². The number of fused-ring (bicyclic) bond motifs is 2. The molecule has 0 aromatic heterocycles. The first-order chi connectivity index (χ1) is 14.6. The molecule has 1 aliphatic carbocycles. The fourth-order valence-corrected chi connectivity index (χ4v) is 4.30. The lowest BCUT2D eigenvalue weighted by Crippen LogP contribution is -2.40. The maximum atomic E-state index is 12.7. The van der Waals surface area contributed by atoms with Crippen molar-refractivity contribution in [1.82, 2.24) is 0 Å². The molecule has 0 radical (unpaired) electrons. The van der Waals surface area contributed by atoms with E-state index in [0.717, 1.165) is 25.7 Å². The Morgan fingerprint density at radius 3 is 2.67 bits per heavy atom. The van der Waals surface area contributed by atoms with Crippen LogP contribution in [0, 0.1) is 0 Å². The van der Waals surface area contributed by atoms with E-state index in [1.165, 1.54) is 11.3 Å². The largest absolute Gasteiger partial charge is 0.491 e. The Labute approximate surface area is 174 Å². The van der Waals surface area contributed by atoms with Gasteiger partial charge in [0.2, 0.25) is 11.8 Å². The molecule has 3 aliphatic rings. The molecule has 2 amide bonds. The number of anilines is 2. The van der Waals surface area contributed by atoms with Gasteiger partial charge in [0.1, 0.15) is 12.3 Å². The van der Waals surface area contributed by atoms with Crippen LogP contribution in [-0.4, -0.2) is 30.8 Å². The monoisotopic (exact) mass is 408 g/mol. The van der Waals surface area contributed by atoms with Gasteiger partial charge in [0, 0.05) is 24.6 Å². The van der Waals surface area contributed by atoms with Crippen LogP contribution in [-0.2, 0) is 9.59 Å². The SMILES string of the molecule is O=C(CN1C(=O)CCOc2ccccc21)Nc1ccc2c(c1)OC1(CCCCC1)O2. The first kappa shape index (κ1) is 18.8. The molecule has 0 unspecified atom stereocenters. The number of rotatable bonds is 3. The zero-order valence-corrected chi connectivity index (χ0v) is 16.7. The second-order valence-electron chi connectivity index (χ2n) is 7.93. The fraction of sp³-hybridized carbons (Fsp3) is 0.391. The Morgan fingerprint density at radius 2 is 1.80 bits per heavy atom. The van der Waals surface area contributed by atoms with Crippen LogP contribution in [0.3, 0.4) is 0 Å². The molecule has 7 nitrogen and oxygen atoms in total. The Kier molecular flexibility index (Phi) is 4.73. The van der Waals surface area contributed by atoms with E-state index in [1.54, 1.807) is 24.3 Å². The van der Waals surface area contributed by atoms with Crippen LogP contribution < -0.4 is 24.4 Å². The number of nitrogens with zero attached hydrogens (tertiary/aromatic N) is 1. The molecule has 156 valence electrons. The minimum Gasteiger partial charge on any atom is -0.491 e. The average Bonchev–Trinajstić information content (AvgIpc) is 3.00. The van der Waals surface area contributed by atoms with Crippen LogP contribution in [0.1, 0.15) is 38.5 Å². The number of para-hydroxylation sites is 2. The Bertz CT molecular complexity index is 983. The second-order valence-corrected chi connectivity index (χ2v) is 7.93. The highest BCUT2D eigenvalue weighted by Gasteiger charge is 2.42. The maximum Gasteiger partial charge on any atom is 0.251 e. The fourth-order valence-electron chi connectivity index (χ4n) is 4.30. The van der Waals surface area contributed by atoms with Crippen LogP contribution in [0.25, 0.3) is 0 Å². The van der Waals surface area contributed by atoms with Gasteiger partial charge in [-0.25, -0.2) is 0 Å². The standard InChI is InChI=1S/C23H24N2O5/c26-21(15-25-17-6-2-3-7-18(17)28-13-10-22(25)27)24-16-8-9-19-20(14-16)30-23(29-19)11-4-1-5-12-23/h2-3,6-9,14H,1,4-5,10-13,15H2,(H,24,26). The summed E-state index contributed by atoms with van der Waals surface area (Å²) in [4.78, 5) is 26.7. The smallest absolute Gasteiger partial charge is 0.251 e. The summed E-state index contributed by atoms with van der Waals surface area (Å²) >= 11 is 0. The molecule has 2 aliphatic heterocycles. The molecule has 0 atom stereocenters. The molecule has 2 aromatic carbocycles. The number of benzene rings is 2. The summed E-state index contributed by atoms with van der Waals surface area (Å²) in [6, 6.07) is 12.7. The molecule has 1 spiro atoms.